The van der Waals surface area contributed by atoms with Crippen molar-refractivity contribution in [1.82, 2.24) is 0 Å². The Morgan fingerprint density at radius 1 is 1.18 bits per heavy atom. The zero-order valence-electron chi connectivity index (χ0n) is 11.4. The summed E-state index contributed by atoms with van der Waals surface area (Å²) in [4.78, 5) is 0. The third kappa shape index (κ3) is 2.13. The van der Waals surface area contributed by atoms with Crippen molar-refractivity contribution in [2.45, 2.75) is 50.7 Å². The molecule has 0 nitrogen and oxygen atoms in total. The van der Waals surface area contributed by atoms with Crippen LogP contribution in [-0.4, -0.2) is 8.07 Å². The van der Waals surface area contributed by atoms with E-state index in [2.05, 4.69) is 62.5 Å². The molecule has 0 aliphatic heterocycles. The van der Waals surface area contributed by atoms with Gasteiger partial charge in [0.15, 0.2) is 0 Å². The quantitative estimate of drug-likeness (QED) is 0.543. The molecule has 0 saturated carbocycles. The molecule has 0 bridgehead atoms. The summed E-state index contributed by atoms with van der Waals surface area (Å²) in [5.74, 6) is 0. The summed E-state index contributed by atoms with van der Waals surface area (Å²) in [6, 6.07) is 11.2. The monoisotopic (exact) mass is 244 g/mol. The summed E-state index contributed by atoms with van der Waals surface area (Å²) in [6.07, 6.45) is 10.3. The molecule has 1 unspecified atom stereocenters. The van der Waals surface area contributed by atoms with E-state index in [1.807, 2.05) is 0 Å². The van der Waals surface area contributed by atoms with E-state index in [1.54, 1.807) is 5.19 Å². The summed E-state index contributed by atoms with van der Waals surface area (Å²) in [5, 5.41) is 2.08. The van der Waals surface area contributed by atoms with Crippen LogP contribution in [0.3, 0.4) is 0 Å². The van der Waals surface area contributed by atoms with Crippen LogP contribution in [0.2, 0.25) is 18.1 Å². The van der Waals surface area contributed by atoms with Crippen molar-refractivity contribution >= 4 is 13.3 Å². The number of benzene rings is 1. The Bertz CT molecular complexity index is 391. The molecule has 1 aromatic carbocycles. The molecule has 1 aromatic rings. The summed E-state index contributed by atoms with van der Waals surface area (Å²) >= 11 is 0. The van der Waals surface area contributed by atoms with Gasteiger partial charge in [-0.2, -0.15) is 0 Å². The minimum absolute atomic E-state index is 0.479. The van der Waals surface area contributed by atoms with E-state index in [4.69, 9.17) is 0 Å². The van der Waals surface area contributed by atoms with Gasteiger partial charge in [-0.25, -0.2) is 0 Å². The van der Waals surface area contributed by atoms with Gasteiger partial charge in [0.05, 0.1) is 8.07 Å². The fraction of sp³-hybridized carbons (Fsp3) is 0.500. The molecule has 2 rings (SSSR count). The van der Waals surface area contributed by atoms with Gasteiger partial charge in [-0.3, -0.25) is 0 Å². The van der Waals surface area contributed by atoms with E-state index in [-0.39, 0.29) is 0 Å². The molecule has 0 amide bonds. The van der Waals surface area contributed by atoms with Crippen LogP contribution in [0.4, 0.5) is 0 Å². The highest BCUT2D eigenvalue weighted by Crippen LogP contribution is 2.49. The first-order chi connectivity index (χ1) is 8.12. The van der Waals surface area contributed by atoms with E-state index >= 15 is 0 Å². The van der Waals surface area contributed by atoms with Crippen LogP contribution in [0.15, 0.2) is 42.5 Å². The topological polar surface area (TPSA) is 0 Å². The van der Waals surface area contributed by atoms with Crippen molar-refractivity contribution in [1.29, 1.82) is 0 Å². The van der Waals surface area contributed by atoms with E-state index in [0.717, 1.165) is 0 Å². The van der Waals surface area contributed by atoms with E-state index in [9.17, 15) is 0 Å². The van der Waals surface area contributed by atoms with Gasteiger partial charge < -0.3 is 0 Å². The first-order valence-electron chi connectivity index (χ1n) is 6.86. The highest BCUT2D eigenvalue weighted by molar-refractivity contribution is 6.92. The molecule has 0 spiro atoms. The number of hydrogen-bond donors (Lipinski definition) is 0. The summed E-state index contributed by atoms with van der Waals surface area (Å²) < 4.78 is 0. The predicted octanol–water partition coefficient (Wildman–Crippen LogP) is 4.49. The molecule has 17 heavy (non-hydrogen) atoms. The fourth-order valence-electron chi connectivity index (χ4n) is 3.33. The Morgan fingerprint density at radius 2 is 1.88 bits per heavy atom. The van der Waals surface area contributed by atoms with Crippen LogP contribution >= 0.6 is 0 Å². The molecular weight excluding hydrogens is 220 g/mol. The van der Waals surface area contributed by atoms with Crippen LogP contribution in [0.1, 0.15) is 32.6 Å². The Morgan fingerprint density at radius 3 is 2.41 bits per heavy atom. The van der Waals surface area contributed by atoms with Crippen molar-refractivity contribution in [2.75, 3.05) is 0 Å². The summed E-state index contributed by atoms with van der Waals surface area (Å²) in [7, 11) is -1.42. The largest absolute Gasteiger partial charge is 0.0904 e. The first-order valence-corrected chi connectivity index (χ1v) is 9.86. The highest BCUT2D eigenvalue weighted by atomic mass is 28.3. The van der Waals surface area contributed by atoms with Gasteiger partial charge >= 0.3 is 0 Å². The smallest absolute Gasteiger partial charge is 0.0883 e. The lowest BCUT2D eigenvalue weighted by molar-refractivity contribution is 0.529. The van der Waals surface area contributed by atoms with Crippen molar-refractivity contribution in [3.63, 3.8) is 0 Å². The maximum atomic E-state index is 2.55. The maximum Gasteiger partial charge on any atom is 0.0904 e. The van der Waals surface area contributed by atoms with Gasteiger partial charge in [-0.1, -0.05) is 67.7 Å². The molecule has 0 N–H and O–H groups in total. The first kappa shape index (κ1) is 12.6. The van der Waals surface area contributed by atoms with Crippen LogP contribution in [0.5, 0.6) is 0 Å². The minimum atomic E-state index is -1.42. The molecule has 0 fully saturated rings. The van der Waals surface area contributed by atoms with E-state index in [0.29, 0.717) is 5.04 Å². The lowest BCUT2D eigenvalue weighted by atomic mass is 9.92. The SMILES string of the molecule is CCC1([Si](C)(C)c2ccccc2)C=CCCC1. The van der Waals surface area contributed by atoms with Crippen LogP contribution in [0.25, 0.3) is 0 Å². The Balaban J connectivity index is 2.42. The summed E-state index contributed by atoms with van der Waals surface area (Å²) in [5.41, 5.74) is 0. The average molecular weight is 244 g/mol. The zero-order chi connectivity index (χ0) is 12.4. The molecule has 1 heteroatoms. The number of hydrogen-bond acceptors (Lipinski definition) is 0. The van der Waals surface area contributed by atoms with Gasteiger partial charge in [0, 0.05) is 0 Å². The molecule has 92 valence electrons. The summed E-state index contributed by atoms with van der Waals surface area (Å²) in [6.45, 7) is 7.45. The Hall–Kier alpha value is -0.823. The van der Waals surface area contributed by atoms with Crippen molar-refractivity contribution < 1.29 is 0 Å². The maximum absolute atomic E-state index is 2.55. The third-order valence-electron chi connectivity index (χ3n) is 4.80. The fourth-order valence-corrected chi connectivity index (χ4v) is 7.15. The standard InChI is InChI=1S/C16H24Si/c1-4-16(13-9-6-10-14-16)17(2,3)15-11-7-5-8-12-15/h5,7-9,11-13H,4,6,10,14H2,1-3H3. The normalized spacial score (nSPS) is 24.9. The average Bonchev–Trinajstić information content (AvgIpc) is 2.40. The van der Waals surface area contributed by atoms with Crippen LogP contribution in [0, 0.1) is 0 Å². The lowest BCUT2D eigenvalue weighted by Gasteiger charge is -2.45. The molecule has 0 radical (unpaired) electrons. The van der Waals surface area contributed by atoms with E-state index in [1.165, 1.54) is 25.7 Å². The predicted molar refractivity (Wildman–Crippen MR) is 79.5 cm³/mol. The second kappa shape index (κ2) is 4.81. The molecule has 0 heterocycles. The lowest BCUT2D eigenvalue weighted by Crippen LogP contribution is -2.52. The van der Waals surface area contributed by atoms with E-state index < -0.39 is 8.07 Å². The number of rotatable bonds is 3. The van der Waals surface area contributed by atoms with Crippen molar-refractivity contribution in [2.24, 2.45) is 0 Å². The second-order valence-corrected chi connectivity index (χ2v) is 10.6. The molecule has 1 aliphatic carbocycles. The van der Waals surface area contributed by atoms with Gasteiger partial charge in [0.1, 0.15) is 0 Å². The molecule has 1 aliphatic rings. The highest BCUT2D eigenvalue weighted by Gasteiger charge is 2.44. The second-order valence-electron chi connectivity index (χ2n) is 5.80. The Kier molecular flexibility index (Phi) is 3.57. The molecular formula is C16H24Si. The van der Waals surface area contributed by atoms with Crippen LogP contribution in [-0.2, 0) is 0 Å². The third-order valence-corrected chi connectivity index (χ3v) is 9.84. The minimum Gasteiger partial charge on any atom is -0.0883 e. The molecule has 0 saturated heterocycles. The van der Waals surface area contributed by atoms with Crippen molar-refractivity contribution in [3.8, 4) is 0 Å². The van der Waals surface area contributed by atoms with Crippen LogP contribution < -0.4 is 5.19 Å². The molecule has 1 atom stereocenters. The van der Waals surface area contributed by atoms with Crippen molar-refractivity contribution in [3.05, 3.63) is 42.5 Å². The van der Waals surface area contributed by atoms with Gasteiger partial charge in [-0.15, -0.1) is 0 Å². The van der Waals surface area contributed by atoms with Gasteiger partial charge in [-0.05, 0) is 30.7 Å². The Labute approximate surface area is 107 Å². The zero-order valence-corrected chi connectivity index (χ0v) is 12.4. The van der Waals surface area contributed by atoms with Gasteiger partial charge in [0.2, 0.25) is 0 Å². The number of allylic oxidation sites excluding steroid dienone is 2. The molecule has 0 aromatic heterocycles. The van der Waals surface area contributed by atoms with Gasteiger partial charge in [0.25, 0.3) is 0 Å².